The highest BCUT2D eigenvalue weighted by atomic mass is 79.9. The largest absolute Gasteiger partial charge is 0.493 e. The van der Waals surface area contributed by atoms with Crippen LogP contribution < -0.4 is 10.5 Å². The van der Waals surface area contributed by atoms with Gasteiger partial charge in [-0.25, -0.2) is 0 Å². The van der Waals surface area contributed by atoms with Crippen molar-refractivity contribution >= 4 is 21.8 Å². The Balaban J connectivity index is 2.30. The molecule has 0 saturated carbocycles. The van der Waals surface area contributed by atoms with Crippen molar-refractivity contribution in [1.82, 2.24) is 0 Å². The Labute approximate surface area is 124 Å². The molecule has 0 heterocycles. The van der Waals surface area contributed by atoms with E-state index < -0.39 is 0 Å². The zero-order valence-corrected chi connectivity index (χ0v) is 13.5. The second kappa shape index (κ2) is 6.94. The van der Waals surface area contributed by atoms with Gasteiger partial charge in [-0.1, -0.05) is 29.8 Å². The van der Waals surface area contributed by atoms with Gasteiger partial charge < -0.3 is 10.5 Å². The van der Waals surface area contributed by atoms with Gasteiger partial charge in [-0.05, 0) is 49.9 Å². The van der Waals surface area contributed by atoms with Gasteiger partial charge in [0.1, 0.15) is 5.75 Å². The Morgan fingerprint density at radius 1 is 1.37 bits per heavy atom. The molecule has 0 bridgehead atoms. The molecule has 0 fully saturated rings. The minimum absolute atomic E-state index is 0.201. The van der Waals surface area contributed by atoms with Crippen molar-refractivity contribution in [3.63, 3.8) is 0 Å². The van der Waals surface area contributed by atoms with E-state index in [1.165, 1.54) is 0 Å². The highest BCUT2D eigenvalue weighted by Crippen LogP contribution is 2.24. The molecule has 0 aliphatic rings. The van der Waals surface area contributed by atoms with Gasteiger partial charge in [0, 0.05) is 9.89 Å². The minimum Gasteiger partial charge on any atom is -0.493 e. The summed E-state index contributed by atoms with van der Waals surface area (Å²) in [4.78, 5) is 0. The number of nitrogens with two attached hydrogens (primary N) is 1. The van der Waals surface area contributed by atoms with Gasteiger partial charge in [0.2, 0.25) is 0 Å². The molecule has 0 atom stereocenters. The molecule has 0 aromatic heterocycles. The molecule has 0 radical (unpaired) electrons. The predicted octanol–water partition coefficient (Wildman–Crippen LogP) is 4.27. The number of nitrogens with one attached hydrogen (secondary N) is 1. The number of ether oxygens (including phenoxy) is 1. The molecule has 3 N–H and O–H groups in total. The third-order valence-electron chi connectivity index (χ3n) is 3.32. The van der Waals surface area contributed by atoms with E-state index in [1.807, 2.05) is 39.0 Å². The van der Waals surface area contributed by atoms with Gasteiger partial charge in [-0.3, -0.25) is 5.41 Å². The zero-order valence-electron chi connectivity index (χ0n) is 11.9. The molecule has 1 rings (SSSR count). The smallest absolute Gasteiger partial charge is 0.122 e. The molecule has 0 aliphatic heterocycles. The van der Waals surface area contributed by atoms with E-state index in [0.29, 0.717) is 6.61 Å². The Kier molecular flexibility index (Phi) is 5.85. The van der Waals surface area contributed by atoms with Crippen molar-refractivity contribution in [1.29, 1.82) is 5.41 Å². The maximum absolute atomic E-state index is 7.50. The molecule has 0 unspecified atom stereocenters. The first-order valence-corrected chi connectivity index (χ1v) is 7.36. The second-order valence-corrected chi connectivity index (χ2v) is 6.43. The van der Waals surface area contributed by atoms with Crippen molar-refractivity contribution in [3.05, 3.63) is 28.2 Å². The number of hydrogen-bond donors (Lipinski definition) is 2. The zero-order chi connectivity index (χ0) is 14.5. The number of halogens is 1. The molecule has 1 aromatic rings. The molecule has 0 saturated heterocycles. The summed E-state index contributed by atoms with van der Waals surface area (Å²) in [5.41, 5.74) is 6.49. The van der Waals surface area contributed by atoms with Crippen LogP contribution in [0, 0.1) is 17.7 Å². The Morgan fingerprint density at radius 3 is 2.63 bits per heavy atom. The van der Waals surface area contributed by atoms with E-state index in [0.717, 1.165) is 35.0 Å². The SMILES string of the molecule is Cc1cc(Br)ccc1OCCCCC(C)(C)C(=N)N. The molecule has 0 aliphatic carbocycles. The molecular weight excluding hydrogens is 304 g/mol. The van der Waals surface area contributed by atoms with Crippen LogP contribution in [0.1, 0.15) is 38.7 Å². The molecule has 0 spiro atoms. The number of hydrogen-bond acceptors (Lipinski definition) is 2. The quantitative estimate of drug-likeness (QED) is 0.446. The van der Waals surface area contributed by atoms with E-state index in [9.17, 15) is 0 Å². The fourth-order valence-electron chi connectivity index (χ4n) is 1.76. The van der Waals surface area contributed by atoms with E-state index in [-0.39, 0.29) is 11.3 Å². The molecule has 0 amide bonds. The maximum atomic E-state index is 7.50. The van der Waals surface area contributed by atoms with Gasteiger partial charge in [-0.15, -0.1) is 0 Å². The van der Waals surface area contributed by atoms with Crippen molar-refractivity contribution in [2.45, 2.75) is 40.0 Å². The minimum atomic E-state index is -0.201. The highest BCUT2D eigenvalue weighted by molar-refractivity contribution is 9.10. The van der Waals surface area contributed by atoms with Crippen LogP contribution in [-0.4, -0.2) is 12.4 Å². The lowest BCUT2D eigenvalue weighted by Crippen LogP contribution is -2.30. The predicted molar refractivity (Wildman–Crippen MR) is 83.9 cm³/mol. The van der Waals surface area contributed by atoms with E-state index in [4.69, 9.17) is 15.9 Å². The topological polar surface area (TPSA) is 59.1 Å². The first kappa shape index (κ1) is 16.0. The van der Waals surface area contributed by atoms with Crippen molar-refractivity contribution in [3.8, 4) is 5.75 Å². The Hall–Kier alpha value is -1.03. The number of unbranched alkanes of at least 4 members (excludes halogenated alkanes) is 1. The lowest BCUT2D eigenvalue weighted by molar-refractivity contribution is 0.294. The molecule has 4 heteroatoms. The summed E-state index contributed by atoms with van der Waals surface area (Å²) in [5, 5.41) is 7.50. The number of amidine groups is 1. The summed E-state index contributed by atoms with van der Waals surface area (Å²) in [5.74, 6) is 1.20. The standard InChI is InChI=1S/C15H23BrN2O/c1-11-10-12(16)6-7-13(11)19-9-5-4-8-15(2,3)14(17)18/h6-7,10H,4-5,8-9H2,1-3H3,(H3,17,18). The lowest BCUT2D eigenvalue weighted by atomic mass is 9.86. The van der Waals surface area contributed by atoms with Gasteiger partial charge in [0.15, 0.2) is 0 Å². The van der Waals surface area contributed by atoms with Crippen molar-refractivity contribution in [2.24, 2.45) is 11.1 Å². The van der Waals surface area contributed by atoms with Gasteiger partial charge >= 0.3 is 0 Å². The average molecular weight is 327 g/mol. The second-order valence-electron chi connectivity index (χ2n) is 5.51. The summed E-state index contributed by atoms with van der Waals surface area (Å²) >= 11 is 3.44. The van der Waals surface area contributed by atoms with Crippen LogP contribution >= 0.6 is 15.9 Å². The summed E-state index contributed by atoms with van der Waals surface area (Å²) in [7, 11) is 0. The van der Waals surface area contributed by atoms with Crippen LogP contribution in [-0.2, 0) is 0 Å². The van der Waals surface area contributed by atoms with E-state index in [2.05, 4.69) is 15.9 Å². The lowest BCUT2D eigenvalue weighted by Gasteiger charge is -2.22. The third kappa shape index (κ3) is 5.23. The summed E-state index contributed by atoms with van der Waals surface area (Å²) < 4.78 is 6.83. The summed E-state index contributed by atoms with van der Waals surface area (Å²) in [6.07, 6.45) is 2.92. The van der Waals surface area contributed by atoms with E-state index >= 15 is 0 Å². The monoisotopic (exact) mass is 326 g/mol. The Bertz CT molecular complexity index is 444. The first-order chi connectivity index (χ1) is 8.83. The van der Waals surface area contributed by atoms with Crippen molar-refractivity contribution in [2.75, 3.05) is 6.61 Å². The molecular formula is C15H23BrN2O. The summed E-state index contributed by atoms with van der Waals surface area (Å²) in [6.45, 7) is 6.76. The fraction of sp³-hybridized carbons (Fsp3) is 0.533. The maximum Gasteiger partial charge on any atom is 0.122 e. The molecule has 106 valence electrons. The van der Waals surface area contributed by atoms with Crippen molar-refractivity contribution < 1.29 is 4.74 Å². The van der Waals surface area contributed by atoms with Crippen LogP contribution in [0.3, 0.4) is 0 Å². The van der Waals surface area contributed by atoms with Crippen LogP contribution in [0.2, 0.25) is 0 Å². The molecule has 1 aromatic carbocycles. The van der Waals surface area contributed by atoms with Crippen LogP contribution in [0.15, 0.2) is 22.7 Å². The fourth-order valence-corrected chi connectivity index (χ4v) is 2.24. The van der Waals surface area contributed by atoms with Crippen LogP contribution in [0.5, 0.6) is 5.75 Å². The summed E-state index contributed by atoms with van der Waals surface area (Å²) in [6, 6.07) is 6.02. The Morgan fingerprint density at radius 2 is 2.05 bits per heavy atom. The number of rotatable bonds is 7. The number of benzene rings is 1. The third-order valence-corrected chi connectivity index (χ3v) is 3.81. The van der Waals surface area contributed by atoms with Gasteiger partial charge in [-0.2, -0.15) is 0 Å². The first-order valence-electron chi connectivity index (χ1n) is 6.56. The highest BCUT2D eigenvalue weighted by Gasteiger charge is 2.20. The number of aryl methyl sites for hydroxylation is 1. The van der Waals surface area contributed by atoms with Gasteiger partial charge in [0.25, 0.3) is 0 Å². The molecule has 19 heavy (non-hydrogen) atoms. The average Bonchev–Trinajstić information content (AvgIpc) is 2.31. The molecule has 3 nitrogen and oxygen atoms in total. The normalized spacial score (nSPS) is 11.4. The van der Waals surface area contributed by atoms with Gasteiger partial charge in [0.05, 0.1) is 12.4 Å². The van der Waals surface area contributed by atoms with E-state index in [1.54, 1.807) is 0 Å². The van der Waals surface area contributed by atoms with Crippen LogP contribution in [0.25, 0.3) is 0 Å². The van der Waals surface area contributed by atoms with Crippen LogP contribution in [0.4, 0.5) is 0 Å².